The number of rotatable bonds is 2. The molecular formula is C12H11BrN2. The molecule has 3 heteroatoms. The summed E-state index contributed by atoms with van der Waals surface area (Å²) >= 11 is 3.53. The first-order valence-corrected chi connectivity index (χ1v) is 5.93. The number of halogens is 1. The molecule has 2 nitrogen and oxygen atoms in total. The van der Waals surface area contributed by atoms with Crippen LogP contribution in [-0.4, -0.2) is 9.78 Å². The monoisotopic (exact) mass is 262 g/mol. The standard InChI is InChI=1S/C12H11BrN2/c13-10-4-5-12(15-7-1-6-14-15)11(8-10)9-2-3-9/h1,4-9H,2-3H2. The van der Waals surface area contributed by atoms with Crippen LogP contribution in [0.4, 0.5) is 0 Å². The van der Waals surface area contributed by atoms with Crippen LogP contribution in [0.3, 0.4) is 0 Å². The van der Waals surface area contributed by atoms with Gasteiger partial charge in [0.1, 0.15) is 0 Å². The van der Waals surface area contributed by atoms with Crippen LogP contribution < -0.4 is 0 Å². The summed E-state index contributed by atoms with van der Waals surface area (Å²) in [5, 5.41) is 4.29. The molecule has 1 aliphatic carbocycles. The van der Waals surface area contributed by atoms with Gasteiger partial charge in [-0.05, 0) is 48.6 Å². The van der Waals surface area contributed by atoms with Crippen LogP contribution in [0, 0.1) is 0 Å². The first-order valence-electron chi connectivity index (χ1n) is 5.14. The molecule has 1 heterocycles. The highest BCUT2D eigenvalue weighted by molar-refractivity contribution is 9.10. The fourth-order valence-electron chi connectivity index (χ4n) is 1.87. The minimum atomic E-state index is 0.738. The van der Waals surface area contributed by atoms with Crippen LogP contribution in [0.2, 0.25) is 0 Å². The molecule has 0 unspecified atom stereocenters. The number of aromatic nitrogens is 2. The molecule has 2 aromatic rings. The van der Waals surface area contributed by atoms with Gasteiger partial charge in [-0.1, -0.05) is 15.9 Å². The Morgan fingerprint density at radius 3 is 2.87 bits per heavy atom. The third-order valence-electron chi connectivity index (χ3n) is 2.76. The second-order valence-electron chi connectivity index (χ2n) is 3.93. The highest BCUT2D eigenvalue weighted by Crippen LogP contribution is 2.43. The molecule has 3 rings (SSSR count). The average molecular weight is 263 g/mol. The van der Waals surface area contributed by atoms with E-state index in [0.29, 0.717) is 0 Å². The van der Waals surface area contributed by atoms with Crippen molar-refractivity contribution in [2.75, 3.05) is 0 Å². The Morgan fingerprint density at radius 2 is 2.20 bits per heavy atom. The number of benzene rings is 1. The Balaban J connectivity index is 2.13. The summed E-state index contributed by atoms with van der Waals surface area (Å²) in [6.07, 6.45) is 6.43. The highest BCUT2D eigenvalue weighted by Gasteiger charge is 2.26. The normalized spacial score (nSPS) is 15.5. The Kier molecular flexibility index (Phi) is 2.13. The summed E-state index contributed by atoms with van der Waals surface area (Å²) in [6, 6.07) is 8.38. The van der Waals surface area contributed by atoms with Gasteiger partial charge >= 0.3 is 0 Å². The lowest BCUT2D eigenvalue weighted by Crippen LogP contribution is -1.98. The van der Waals surface area contributed by atoms with Crippen LogP contribution in [0.1, 0.15) is 24.3 Å². The molecule has 0 N–H and O–H groups in total. The number of hydrogen-bond donors (Lipinski definition) is 0. The Bertz CT molecular complexity index is 472. The van der Waals surface area contributed by atoms with E-state index in [1.54, 1.807) is 0 Å². The molecular weight excluding hydrogens is 252 g/mol. The first kappa shape index (κ1) is 9.16. The molecule has 0 saturated heterocycles. The van der Waals surface area contributed by atoms with Crippen molar-refractivity contribution in [1.29, 1.82) is 0 Å². The molecule has 1 fully saturated rings. The van der Waals surface area contributed by atoms with Gasteiger partial charge < -0.3 is 0 Å². The summed E-state index contributed by atoms with van der Waals surface area (Å²) in [6.45, 7) is 0. The van der Waals surface area contributed by atoms with E-state index >= 15 is 0 Å². The molecule has 0 atom stereocenters. The van der Waals surface area contributed by atoms with Crippen molar-refractivity contribution in [2.24, 2.45) is 0 Å². The summed E-state index contributed by atoms with van der Waals surface area (Å²) in [5.41, 5.74) is 2.62. The third-order valence-corrected chi connectivity index (χ3v) is 3.25. The van der Waals surface area contributed by atoms with Crippen molar-refractivity contribution >= 4 is 15.9 Å². The molecule has 0 radical (unpaired) electrons. The molecule has 0 spiro atoms. The van der Waals surface area contributed by atoms with E-state index in [2.05, 4.69) is 39.2 Å². The van der Waals surface area contributed by atoms with Crippen LogP contribution in [0.15, 0.2) is 41.1 Å². The smallest absolute Gasteiger partial charge is 0.0681 e. The van der Waals surface area contributed by atoms with E-state index < -0.39 is 0 Å². The average Bonchev–Trinajstić information content (AvgIpc) is 2.95. The van der Waals surface area contributed by atoms with Gasteiger partial charge in [-0.25, -0.2) is 4.68 Å². The van der Waals surface area contributed by atoms with Crippen LogP contribution >= 0.6 is 15.9 Å². The molecule has 0 bridgehead atoms. The van der Waals surface area contributed by atoms with E-state index in [9.17, 15) is 0 Å². The second kappa shape index (κ2) is 3.49. The van der Waals surface area contributed by atoms with Crippen molar-refractivity contribution in [2.45, 2.75) is 18.8 Å². The van der Waals surface area contributed by atoms with Crippen molar-refractivity contribution in [3.63, 3.8) is 0 Å². The summed E-state index contributed by atoms with van der Waals surface area (Å²) < 4.78 is 3.10. The van der Waals surface area contributed by atoms with Gasteiger partial charge in [0, 0.05) is 16.9 Å². The quantitative estimate of drug-likeness (QED) is 0.810. The predicted octanol–water partition coefficient (Wildman–Crippen LogP) is 3.51. The van der Waals surface area contributed by atoms with Gasteiger partial charge in [0.2, 0.25) is 0 Å². The third kappa shape index (κ3) is 1.72. The van der Waals surface area contributed by atoms with E-state index in [-0.39, 0.29) is 0 Å². The molecule has 15 heavy (non-hydrogen) atoms. The largest absolute Gasteiger partial charge is 0.241 e. The van der Waals surface area contributed by atoms with Crippen LogP contribution in [-0.2, 0) is 0 Å². The number of hydrogen-bond acceptors (Lipinski definition) is 1. The predicted molar refractivity (Wildman–Crippen MR) is 63.2 cm³/mol. The lowest BCUT2D eigenvalue weighted by molar-refractivity contribution is 0.860. The zero-order chi connectivity index (χ0) is 10.3. The molecule has 0 amide bonds. The van der Waals surface area contributed by atoms with Crippen molar-refractivity contribution in [3.8, 4) is 5.69 Å². The highest BCUT2D eigenvalue weighted by atomic mass is 79.9. The molecule has 76 valence electrons. The molecule has 1 saturated carbocycles. The number of nitrogens with zero attached hydrogens (tertiary/aromatic N) is 2. The van der Waals surface area contributed by atoms with E-state index in [1.165, 1.54) is 24.1 Å². The molecule has 1 aromatic carbocycles. The lowest BCUT2D eigenvalue weighted by atomic mass is 10.1. The summed E-state index contributed by atoms with van der Waals surface area (Å²) in [4.78, 5) is 0. The molecule has 1 aromatic heterocycles. The zero-order valence-electron chi connectivity index (χ0n) is 8.23. The first-order chi connectivity index (χ1) is 7.34. The van der Waals surface area contributed by atoms with Gasteiger partial charge in [0.25, 0.3) is 0 Å². The zero-order valence-corrected chi connectivity index (χ0v) is 9.81. The maximum Gasteiger partial charge on any atom is 0.0681 e. The minimum Gasteiger partial charge on any atom is -0.241 e. The summed E-state index contributed by atoms with van der Waals surface area (Å²) in [7, 11) is 0. The molecule has 0 aliphatic heterocycles. The van der Waals surface area contributed by atoms with Gasteiger partial charge in [0.05, 0.1) is 5.69 Å². The Morgan fingerprint density at radius 1 is 1.33 bits per heavy atom. The fourth-order valence-corrected chi connectivity index (χ4v) is 2.25. The van der Waals surface area contributed by atoms with Gasteiger partial charge in [0.15, 0.2) is 0 Å². The second-order valence-corrected chi connectivity index (χ2v) is 4.84. The SMILES string of the molecule is Brc1ccc(-n2cccn2)c(C2CC2)c1. The maximum absolute atomic E-state index is 4.29. The van der Waals surface area contributed by atoms with E-state index in [4.69, 9.17) is 0 Å². The van der Waals surface area contributed by atoms with Gasteiger partial charge in [-0.3, -0.25) is 0 Å². The minimum absolute atomic E-state index is 0.738. The van der Waals surface area contributed by atoms with Crippen molar-refractivity contribution in [1.82, 2.24) is 9.78 Å². The molecule has 1 aliphatic rings. The van der Waals surface area contributed by atoms with E-state index in [0.717, 1.165) is 10.4 Å². The van der Waals surface area contributed by atoms with Gasteiger partial charge in [-0.2, -0.15) is 5.10 Å². The Labute approximate surface area is 97.1 Å². The van der Waals surface area contributed by atoms with Crippen LogP contribution in [0.25, 0.3) is 5.69 Å². The topological polar surface area (TPSA) is 17.8 Å². The fraction of sp³-hybridized carbons (Fsp3) is 0.250. The van der Waals surface area contributed by atoms with Crippen molar-refractivity contribution in [3.05, 3.63) is 46.7 Å². The van der Waals surface area contributed by atoms with Gasteiger partial charge in [-0.15, -0.1) is 0 Å². The summed E-state index contributed by atoms with van der Waals surface area (Å²) in [5.74, 6) is 0.738. The maximum atomic E-state index is 4.29. The lowest BCUT2D eigenvalue weighted by Gasteiger charge is -2.09. The van der Waals surface area contributed by atoms with Crippen molar-refractivity contribution < 1.29 is 0 Å². The Hall–Kier alpha value is -1.09. The van der Waals surface area contributed by atoms with E-state index in [1.807, 2.05) is 23.1 Å². The van der Waals surface area contributed by atoms with Crippen LogP contribution in [0.5, 0.6) is 0 Å².